The predicted molar refractivity (Wildman–Crippen MR) is 127 cm³/mol. The number of fused-ring (bicyclic) bond motifs is 1. The van der Waals surface area contributed by atoms with Gasteiger partial charge in [-0.15, -0.1) is 0 Å². The van der Waals surface area contributed by atoms with E-state index in [0.717, 1.165) is 17.3 Å². The van der Waals surface area contributed by atoms with Gasteiger partial charge in [0.1, 0.15) is 23.6 Å². The smallest absolute Gasteiger partial charge is 0.224 e. The lowest BCUT2D eigenvalue weighted by Gasteiger charge is -2.16. The lowest BCUT2D eigenvalue weighted by Crippen LogP contribution is -2.23. The molecule has 1 fully saturated rings. The van der Waals surface area contributed by atoms with Crippen LogP contribution in [0.25, 0.3) is 10.8 Å². The number of anilines is 3. The number of ether oxygens (including phenoxy) is 1. The Morgan fingerprint density at radius 1 is 1.30 bits per heavy atom. The van der Waals surface area contributed by atoms with Crippen molar-refractivity contribution in [2.24, 2.45) is 0 Å². The summed E-state index contributed by atoms with van der Waals surface area (Å²) in [5.41, 5.74) is 1.11. The number of pyridine rings is 1. The van der Waals surface area contributed by atoms with Gasteiger partial charge in [0.05, 0.1) is 17.8 Å². The fourth-order valence-electron chi connectivity index (χ4n) is 3.94. The van der Waals surface area contributed by atoms with Gasteiger partial charge in [-0.05, 0) is 61.2 Å². The van der Waals surface area contributed by atoms with Gasteiger partial charge in [-0.2, -0.15) is 0 Å². The maximum absolute atomic E-state index is 13.5. The lowest BCUT2D eigenvalue weighted by atomic mass is 10.1. The van der Waals surface area contributed by atoms with E-state index < -0.39 is 12.0 Å². The second-order valence-electron chi connectivity index (χ2n) is 8.03. The number of carbonyl (C=O) groups excluding carboxylic acids is 1. The highest BCUT2D eigenvalue weighted by atomic mass is 35.5. The van der Waals surface area contributed by atoms with E-state index in [2.05, 4.69) is 15.6 Å². The Balaban J connectivity index is 1.50. The molecule has 9 heteroatoms. The van der Waals surface area contributed by atoms with Gasteiger partial charge < -0.3 is 20.3 Å². The van der Waals surface area contributed by atoms with Crippen molar-refractivity contribution in [3.05, 3.63) is 53.4 Å². The average Bonchev–Trinajstić information content (AvgIpc) is 3.21. The number of hydrogen-bond acceptors (Lipinski definition) is 5. The fourth-order valence-corrected chi connectivity index (χ4v) is 4.12. The van der Waals surface area contributed by atoms with Crippen molar-refractivity contribution in [2.45, 2.75) is 25.4 Å². The van der Waals surface area contributed by atoms with Crippen LogP contribution in [0.5, 0.6) is 5.75 Å². The van der Waals surface area contributed by atoms with Crippen molar-refractivity contribution >= 4 is 45.5 Å². The molecule has 6 nitrogen and oxygen atoms in total. The van der Waals surface area contributed by atoms with Gasteiger partial charge in [0.25, 0.3) is 0 Å². The number of nitrogens with one attached hydrogen (secondary N) is 2. The SMILES string of the molecule is COc1cc2ccnc(Nc3ccc(F)c(Cl)c3)c2cc1NC(=O)CCCN1CCC(F)C1. The van der Waals surface area contributed by atoms with Crippen LogP contribution in [0.3, 0.4) is 0 Å². The summed E-state index contributed by atoms with van der Waals surface area (Å²) >= 11 is 5.89. The Morgan fingerprint density at radius 2 is 2.15 bits per heavy atom. The molecule has 2 heterocycles. The van der Waals surface area contributed by atoms with Gasteiger partial charge in [0, 0.05) is 36.8 Å². The summed E-state index contributed by atoms with van der Waals surface area (Å²) in [5, 5.41) is 7.67. The first-order valence-electron chi connectivity index (χ1n) is 10.8. The molecule has 4 rings (SSSR count). The van der Waals surface area contributed by atoms with Gasteiger partial charge in [-0.3, -0.25) is 4.79 Å². The molecule has 1 aromatic heterocycles. The van der Waals surface area contributed by atoms with Crippen molar-refractivity contribution in [1.29, 1.82) is 0 Å². The number of likely N-dealkylation sites (tertiary alicyclic amines) is 1. The molecule has 0 spiro atoms. The van der Waals surface area contributed by atoms with E-state index in [4.69, 9.17) is 16.3 Å². The number of rotatable bonds is 8. The standard InChI is InChI=1S/C24H25ClF2N4O2/c1-33-22-11-15-6-8-28-24(29-17-4-5-20(27)19(25)12-17)18(15)13-21(22)30-23(32)3-2-9-31-10-7-16(26)14-31/h4-6,8,11-13,16H,2-3,7,9-10,14H2,1H3,(H,28,29)(H,30,32). The highest BCUT2D eigenvalue weighted by Crippen LogP contribution is 2.34. The molecule has 0 radical (unpaired) electrons. The summed E-state index contributed by atoms with van der Waals surface area (Å²) in [5.74, 6) is 0.408. The Bertz CT molecular complexity index is 1160. The van der Waals surface area contributed by atoms with Gasteiger partial charge >= 0.3 is 0 Å². The molecule has 2 N–H and O–H groups in total. The molecule has 174 valence electrons. The van der Waals surface area contributed by atoms with Crippen LogP contribution in [-0.2, 0) is 4.79 Å². The van der Waals surface area contributed by atoms with Crippen molar-refractivity contribution in [1.82, 2.24) is 9.88 Å². The van der Waals surface area contributed by atoms with E-state index in [1.54, 1.807) is 25.4 Å². The van der Waals surface area contributed by atoms with Crippen molar-refractivity contribution < 1.29 is 18.3 Å². The molecule has 1 atom stereocenters. The van der Waals surface area contributed by atoms with E-state index in [1.807, 2.05) is 17.0 Å². The minimum Gasteiger partial charge on any atom is -0.495 e. The summed E-state index contributed by atoms with van der Waals surface area (Å²) in [4.78, 5) is 19.0. The fraction of sp³-hybridized carbons (Fsp3) is 0.333. The van der Waals surface area contributed by atoms with Crippen LogP contribution in [0.15, 0.2) is 42.6 Å². The summed E-state index contributed by atoms with van der Waals surface area (Å²) in [6, 6.07) is 9.77. The molecule has 33 heavy (non-hydrogen) atoms. The van der Waals surface area contributed by atoms with Crippen molar-refractivity contribution in [3.63, 3.8) is 0 Å². The van der Waals surface area contributed by atoms with E-state index in [0.29, 0.717) is 55.3 Å². The van der Waals surface area contributed by atoms with Crippen LogP contribution in [0.2, 0.25) is 5.02 Å². The Labute approximate surface area is 195 Å². The molecule has 1 saturated heterocycles. The number of methoxy groups -OCH3 is 1. The molecule has 1 amide bonds. The van der Waals surface area contributed by atoms with Crippen LogP contribution in [-0.4, -0.2) is 48.7 Å². The van der Waals surface area contributed by atoms with E-state index >= 15 is 0 Å². The highest BCUT2D eigenvalue weighted by Gasteiger charge is 2.21. The lowest BCUT2D eigenvalue weighted by molar-refractivity contribution is -0.116. The summed E-state index contributed by atoms with van der Waals surface area (Å²) < 4.78 is 32.3. The Kier molecular flexibility index (Phi) is 7.25. The molecule has 0 aliphatic carbocycles. The number of carbonyl (C=O) groups is 1. The molecule has 2 aromatic carbocycles. The quantitative estimate of drug-likeness (QED) is 0.448. The Hall–Kier alpha value is -2.97. The maximum atomic E-state index is 13.5. The van der Waals surface area contributed by atoms with Gasteiger partial charge in [-0.1, -0.05) is 11.6 Å². The van der Waals surface area contributed by atoms with Crippen LogP contribution < -0.4 is 15.4 Å². The van der Waals surface area contributed by atoms with E-state index in [1.165, 1.54) is 12.1 Å². The third kappa shape index (κ3) is 5.69. The summed E-state index contributed by atoms with van der Waals surface area (Å²) in [6.45, 7) is 1.88. The normalized spacial score (nSPS) is 16.2. The molecule has 3 aromatic rings. The second kappa shape index (κ2) is 10.3. The first-order valence-corrected chi connectivity index (χ1v) is 11.2. The highest BCUT2D eigenvalue weighted by molar-refractivity contribution is 6.31. The first kappa shape index (κ1) is 23.2. The average molecular weight is 475 g/mol. The second-order valence-corrected chi connectivity index (χ2v) is 8.43. The predicted octanol–water partition coefficient (Wildman–Crippen LogP) is 5.54. The van der Waals surface area contributed by atoms with Gasteiger partial charge in [-0.25, -0.2) is 13.8 Å². The molecule has 1 aliphatic heterocycles. The number of halogens is 3. The number of nitrogens with zero attached hydrogens (tertiary/aromatic N) is 2. The number of amides is 1. The van der Waals surface area contributed by atoms with Crippen LogP contribution in [0.4, 0.5) is 26.0 Å². The molecule has 1 unspecified atom stereocenters. The molecule has 0 saturated carbocycles. The summed E-state index contributed by atoms with van der Waals surface area (Å²) in [7, 11) is 1.54. The third-order valence-electron chi connectivity index (χ3n) is 5.63. The molecule has 1 aliphatic rings. The van der Waals surface area contributed by atoms with Gasteiger partial charge in [0.2, 0.25) is 5.91 Å². The number of aromatic nitrogens is 1. The maximum Gasteiger partial charge on any atom is 0.224 e. The topological polar surface area (TPSA) is 66.5 Å². The van der Waals surface area contributed by atoms with Crippen molar-refractivity contribution in [2.75, 3.05) is 37.4 Å². The van der Waals surface area contributed by atoms with Crippen LogP contribution in [0, 0.1) is 5.82 Å². The first-order chi connectivity index (χ1) is 15.9. The van der Waals surface area contributed by atoms with Crippen LogP contribution in [0.1, 0.15) is 19.3 Å². The van der Waals surface area contributed by atoms with E-state index in [9.17, 15) is 13.6 Å². The molecular formula is C24H25ClF2N4O2. The minimum absolute atomic E-state index is 0.00539. The van der Waals surface area contributed by atoms with Gasteiger partial charge in [0.15, 0.2) is 0 Å². The Morgan fingerprint density at radius 3 is 2.88 bits per heavy atom. The minimum atomic E-state index is -0.761. The third-order valence-corrected chi connectivity index (χ3v) is 5.92. The monoisotopic (exact) mass is 474 g/mol. The number of hydrogen-bond donors (Lipinski definition) is 2. The zero-order valence-corrected chi connectivity index (χ0v) is 19.0. The number of benzene rings is 2. The zero-order chi connectivity index (χ0) is 23.4. The number of alkyl halides is 1. The zero-order valence-electron chi connectivity index (χ0n) is 18.2. The van der Waals surface area contributed by atoms with E-state index in [-0.39, 0.29) is 10.9 Å². The van der Waals surface area contributed by atoms with Crippen LogP contribution >= 0.6 is 11.6 Å². The molecule has 0 bridgehead atoms. The summed E-state index contributed by atoms with van der Waals surface area (Å²) in [6.07, 6.45) is 2.42. The largest absolute Gasteiger partial charge is 0.495 e. The van der Waals surface area contributed by atoms with Crippen molar-refractivity contribution in [3.8, 4) is 5.75 Å². The molecular weight excluding hydrogens is 450 g/mol.